The van der Waals surface area contributed by atoms with Crippen LogP contribution in [0.5, 0.6) is 0 Å². The van der Waals surface area contributed by atoms with Gasteiger partial charge in [0.25, 0.3) is 0 Å². The molecule has 1 heterocycles. The third kappa shape index (κ3) is 2.82. The Balaban J connectivity index is 2.30. The Morgan fingerprint density at radius 3 is 2.53 bits per heavy atom. The summed E-state index contributed by atoms with van der Waals surface area (Å²) in [6.07, 6.45) is 1.63. The Labute approximate surface area is 112 Å². The predicted octanol–water partition coefficient (Wildman–Crippen LogP) is 0.115. The van der Waals surface area contributed by atoms with Crippen LogP contribution in [0.3, 0.4) is 0 Å². The molecule has 0 aliphatic rings. The summed E-state index contributed by atoms with van der Waals surface area (Å²) in [7, 11) is 6.80. The molecule has 4 N–H and O–H groups in total. The lowest BCUT2D eigenvalue weighted by Crippen LogP contribution is -2.59. The van der Waals surface area contributed by atoms with E-state index in [-0.39, 0.29) is 6.42 Å². The number of hydrogen-bond donors (Lipinski definition) is 4. The van der Waals surface area contributed by atoms with E-state index in [0.29, 0.717) is 0 Å². The monoisotopic (exact) mass is 260 g/mol. The number of para-hydroxylation sites is 1. The van der Waals surface area contributed by atoms with Crippen LogP contribution in [0.1, 0.15) is 12.5 Å². The maximum absolute atomic E-state index is 10.1. The van der Waals surface area contributed by atoms with Gasteiger partial charge in [0.2, 0.25) is 5.91 Å². The summed E-state index contributed by atoms with van der Waals surface area (Å²) in [6.45, 7) is 1.28. The molecule has 19 heavy (non-hydrogen) atoms. The van der Waals surface area contributed by atoms with Gasteiger partial charge in [0.05, 0.1) is 5.62 Å². The van der Waals surface area contributed by atoms with Gasteiger partial charge in [-0.25, -0.2) is 4.90 Å². The Hall–Kier alpha value is -1.34. The number of fused-ring (bicyclic) bond motifs is 1. The van der Waals surface area contributed by atoms with Gasteiger partial charge in [-0.05, 0) is 25.6 Å². The van der Waals surface area contributed by atoms with Crippen LogP contribution < -0.4 is 0 Å². The standard InChI is InChI=1S/C13H17BN2O3/c1-12(14,17)16(2)13(18,19)7-9-8-15-11-6-4-3-5-10(9)11/h3-6,8,15,17-19H,7H2,1-2H3. The molecule has 2 aromatic rings. The van der Waals surface area contributed by atoms with Crippen LogP contribution in [-0.4, -0.2) is 51.6 Å². The zero-order valence-electron chi connectivity index (χ0n) is 11.0. The third-order valence-electron chi connectivity index (χ3n) is 3.32. The number of aromatic amines is 1. The first kappa shape index (κ1) is 14.1. The largest absolute Gasteiger partial charge is 0.385 e. The van der Waals surface area contributed by atoms with Crippen LogP contribution in [0.4, 0.5) is 0 Å². The Morgan fingerprint density at radius 2 is 1.89 bits per heavy atom. The van der Waals surface area contributed by atoms with Crippen molar-refractivity contribution >= 4 is 18.7 Å². The van der Waals surface area contributed by atoms with Crippen molar-refractivity contribution < 1.29 is 15.3 Å². The highest BCUT2D eigenvalue weighted by Gasteiger charge is 2.37. The molecule has 6 heteroatoms. The molecular weight excluding hydrogens is 243 g/mol. The van der Waals surface area contributed by atoms with Gasteiger partial charge in [-0.1, -0.05) is 18.2 Å². The smallest absolute Gasteiger partial charge is 0.230 e. The molecule has 0 spiro atoms. The van der Waals surface area contributed by atoms with Crippen LogP contribution >= 0.6 is 0 Å². The highest BCUT2D eigenvalue weighted by Crippen LogP contribution is 2.25. The second-order valence-electron chi connectivity index (χ2n) is 4.96. The topological polar surface area (TPSA) is 79.7 Å². The van der Waals surface area contributed by atoms with Crippen LogP contribution in [0.2, 0.25) is 0 Å². The molecule has 1 atom stereocenters. The summed E-state index contributed by atoms with van der Waals surface area (Å²) >= 11 is 0. The highest BCUT2D eigenvalue weighted by molar-refractivity contribution is 6.13. The normalized spacial score (nSPS) is 15.9. The Morgan fingerprint density at radius 1 is 1.26 bits per heavy atom. The summed E-state index contributed by atoms with van der Waals surface area (Å²) in [5.74, 6) is -2.25. The van der Waals surface area contributed by atoms with E-state index in [1.807, 2.05) is 24.3 Å². The van der Waals surface area contributed by atoms with Gasteiger partial charge < -0.3 is 20.3 Å². The van der Waals surface area contributed by atoms with Gasteiger partial charge in [-0.3, -0.25) is 0 Å². The molecular formula is C13H17BN2O3. The summed E-state index contributed by atoms with van der Waals surface area (Å²) < 4.78 is 0. The number of hydrogen-bond acceptors (Lipinski definition) is 4. The molecule has 1 aromatic heterocycles. The zero-order chi connectivity index (χ0) is 14.3. The molecule has 2 radical (unpaired) electrons. The minimum atomic E-state index is -2.25. The van der Waals surface area contributed by atoms with Crippen molar-refractivity contribution in [3.8, 4) is 0 Å². The fourth-order valence-corrected chi connectivity index (χ4v) is 2.01. The first-order valence-electron chi connectivity index (χ1n) is 5.97. The van der Waals surface area contributed by atoms with Gasteiger partial charge in [0.1, 0.15) is 7.85 Å². The third-order valence-corrected chi connectivity index (χ3v) is 3.32. The van der Waals surface area contributed by atoms with E-state index >= 15 is 0 Å². The van der Waals surface area contributed by atoms with E-state index < -0.39 is 11.5 Å². The van der Waals surface area contributed by atoms with Gasteiger partial charge in [-0.2, -0.15) is 0 Å². The Kier molecular flexibility index (Phi) is 3.44. The van der Waals surface area contributed by atoms with Crippen molar-refractivity contribution in [1.29, 1.82) is 0 Å². The zero-order valence-corrected chi connectivity index (χ0v) is 11.0. The summed E-state index contributed by atoms with van der Waals surface area (Å²) in [5.41, 5.74) is -0.178. The first-order valence-corrected chi connectivity index (χ1v) is 5.97. The lowest BCUT2D eigenvalue weighted by molar-refractivity contribution is -0.295. The average Bonchev–Trinajstić information content (AvgIpc) is 2.70. The SMILES string of the molecule is [B]C(C)(O)N(C)C(O)(O)Cc1c[nH]c2ccccc12. The maximum atomic E-state index is 10.1. The van der Waals surface area contributed by atoms with E-state index in [1.54, 1.807) is 6.20 Å². The number of aliphatic hydroxyl groups is 3. The molecule has 5 nitrogen and oxygen atoms in total. The number of likely N-dealkylation sites (N-methyl/N-ethyl adjacent to an activating group) is 1. The van der Waals surface area contributed by atoms with Crippen molar-refractivity contribution in [1.82, 2.24) is 9.88 Å². The lowest BCUT2D eigenvalue weighted by Gasteiger charge is -2.40. The molecule has 2 rings (SSSR count). The molecule has 0 fully saturated rings. The van der Waals surface area contributed by atoms with Crippen molar-refractivity contribution in [3.05, 3.63) is 36.0 Å². The summed E-state index contributed by atoms with van der Waals surface area (Å²) in [4.78, 5) is 3.96. The molecule has 0 saturated heterocycles. The predicted molar refractivity (Wildman–Crippen MR) is 73.3 cm³/mol. The molecule has 0 aliphatic carbocycles. The van der Waals surface area contributed by atoms with E-state index in [2.05, 4.69) is 4.98 Å². The summed E-state index contributed by atoms with van der Waals surface area (Å²) in [5, 5.41) is 30.7. The number of nitrogens with zero attached hydrogens (tertiary/aromatic N) is 1. The lowest BCUT2D eigenvalue weighted by atomic mass is 9.90. The number of H-pyrrole nitrogens is 1. The van der Waals surface area contributed by atoms with E-state index in [4.69, 9.17) is 7.85 Å². The van der Waals surface area contributed by atoms with Crippen molar-refractivity contribution in [3.63, 3.8) is 0 Å². The minimum Gasteiger partial charge on any atom is -0.385 e. The molecule has 1 unspecified atom stereocenters. The van der Waals surface area contributed by atoms with Crippen molar-refractivity contribution in [2.45, 2.75) is 24.9 Å². The van der Waals surface area contributed by atoms with Crippen LogP contribution in [-0.2, 0) is 6.42 Å². The number of benzene rings is 1. The maximum Gasteiger partial charge on any atom is 0.230 e. The fraction of sp³-hybridized carbons (Fsp3) is 0.385. The molecule has 100 valence electrons. The van der Waals surface area contributed by atoms with E-state index in [0.717, 1.165) is 21.4 Å². The van der Waals surface area contributed by atoms with Crippen molar-refractivity contribution in [2.75, 3.05) is 7.05 Å². The average molecular weight is 260 g/mol. The second-order valence-corrected chi connectivity index (χ2v) is 4.96. The molecule has 0 aliphatic heterocycles. The second kappa shape index (κ2) is 4.65. The fourth-order valence-electron chi connectivity index (χ4n) is 2.01. The van der Waals surface area contributed by atoms with E-state index in [1.165, 1.54) is 14.0 Å². The number of rotatable bonds is 4. The summed E-state index contributed by atoms with van der Waals surface area (Å²) in [6, 6.07) is 7.55. The van der Waals surface area contributed by atoms with Gasteiger partial charge in [0.15, 0.2) is 0 Å². The van der Waals surface area contributed by atoms with Crippen molar-refractivity contribution in [2.24, 2.45) is 0 Å². The first-order chi connectivity index (χ1) is 8.72. The number of nitrogens with one attached hydrogen (secondary N) is 1. The van der Waals surface area contributed by atoms with Crippen LogP contribution in [0, 0.1) is 0 Å². The van der Waals surface area contributed by atoms with Gasteiger partial charge in [0, 0.05) is 23.5 Å². The molecule has 0 amide bonds. The Bertz CT molecular complexity index is 575. The van der Waals surface area contributed by atoms with E-state index in [9.17, 15) is 15.3 Å². The minimum absolute atomic E-state index is 0.0825. The van der Waals surface area contributed by atoms with Gasteiger partial charge in [-0.15, -0.1) is 0 Å². The molecule has 1 aromatic carbocycles. The highest BCUT2D eigenvalue weighted by atomic mass is 16.5. The van der Waals surface area contributed by atoms with Crippen LogP contribution in [0.25, 0.3) is 10.9 Å². The van der Waals surface area contributed by atoms with Crippen LogP contribution in [0.15, 0.2) is 30.5 Å². The molecule has 0 bridgehead atoms. The number of aromatic nitrogens is 1. The molecule has 0 saturated carbocycles. The van der Waals surface area contributed by atoms with Gasteiger partial charge >= 0.3 is 0 Å². The quantitative estimate of drug-likeness (QED) is 0.465.